The molecule has 0 saturated heterocycles. The molecule has 2 N–H and O–H groups in total. The van der Waals surface area contributed by atoms with Crippen LogP contribution in [0, 0.1) is 0 Å². The Balaban J connectivity index is 3.31. The van der Waals surface area contributed by atoms with Gasteiger partial charge in [-0.3, -0.25) is 9.59 Å². The van der Waals surface area contributed by atoms with Gasteiger partial charge in [0.2, 0.25) is 11.8 Å². The molecule has 0 aliphatic rings. The first-order valence-corrected chi connectivity index (χ1v) is 20.0. The zero-order valence-corrected chi connectivity index (χ0v) is 30.5. The summed E-state index contributed by atoms with van der Waals surface area (Å²) in [4.78, 5) is 24.1. The van der Waals surface area contributed by atoms with Crippen LogP contribution in [-0.2, 0) is 9.59 Å². The molecule has 0 aliphatic heterocycles. The molecular weight excluding hydrogens is 552 g/mol. The molecular formula is C41H78N2O2. The molecule has 0 fully saturated rings. The summed E-state index contributed by atoms with van der Waals surface area (Å²) in [7, 11) is 0. The number of allylic oxidation sites excluding steroid dienone is 4. The van der Waals surface area contributed by atoms with Gasteiger partial charge in [0.1, 0.15) is 0 Å². The second-order valence-electron chi connectivity index (χ2n) is 13.4. The lowest BCUT2D eigenvalue weighted by molar-refractivity contribution is -0.121. The second-order valence-corrected chi connectivity index (χ2v) is 13.4. The predicted octanol–water partition coefficient (Wildman–Crippen LogP) is 12.5. The zero-order valence-electron chi connectivity index (χ0n) is 30.5. The predicted molar refractivity (Wildman–Crippen MR) is 199 cm³/mol. The largest absolute Gasteiger partial charge is 0.356 e. The summed E-state index contributed by atoms with van der Waals surface area (Å²) in [6.45, 7) is 6.06. The number of hydrogen-bond acceptors (Lipinski definition) is 2. The molecule has 0 aromatic carbocycles. The molecule has 0 aliphatic carbocycles. The number of carbonyl (C=O) groups excluding carboxylic acids is 2. The van der Waals surface area contributed by atoms with Crippen LogP contribution in [0.15, 0.2) is 24.3 Å². The molecule has 4 nitrogen and oxygen atoms in total. The number of rotatable bonds is 36. The molecule has 45 heavy (non-hydrogen) atoms. The van der Waals surface area contributed by atoms with Gasteiger partial charge in [-0.15, -0.1) is 0 Å². The molecule has 264 valence electrons. The molecule has 0 aromatic rings. The maximum absolute atomic E-state index is 12.1. The van der Waals surface area contributed by atoms with Crippen molar-refractivity contribution < 1.29 is 9.59 Å². The molecule has 0 saturated carbocycles. The van der Waals surface area contributed by atoms with E-state index in [0.717, 1.165) is 58.0 Å². The summed E-state index contributed by atoms with van der Waals surface area (Å²) in [5.74, 6) is 0.391. The fourth-order valence-corrected chi connectivity index (χ4v) is 5.77. The average Bonchev–Trinajstić information content (AvgIpc) is 3.04. The lowest BCUT2D eigenvalue weighted by Gasteiger charge is -2.07. The number of nitrogens with one attached hydrogen (secondary N) is 2. The van der Waals surface area contributed by atoms with E-state index in [1.165, 1.54) is 141 Å². The van der Waals surface area contributed by atoms with Gasteiger partial charge < -0.3 is 10.6 Å². The highest BCUT2D eigenvalue weighted by atomic mass is 16.2. The molecule has 0 spiro atoms. The minimum Gasteiger partial charge on any atom is -0.356 e. The molecule has 2 amide bonds. The van der Waals surface area contributed by atoms with E-state index >= 15 is 0 Å². The Bertz CT molecular complexity index is 616. The lowest BCUT2D eigenvalue weighted by Crippen LogP contribution is -2.25. The van der Waals surface area contributed by atoms with Crippen molar-refractivity contribution in [2.75, 3.05) is 13.1 Å². The fourth-order valence-electron chi connectivity index (χ4n) is 5.77. The summed E-state index contributed by atoms with van der Waals surface area (Å²) >= 11 is 0. The summed E-state index contributed by atoms with van der Waals surface area (Å²) in [6.07, 6.45) is 47.1. The van der Waals surface area contributed by atoms with Crippen molar-refractivity contribution in [3.63, 3.8) is 0 Å². The minimum atomic E-state index is 0.195. The van der Waals surface area contributed by atoms with Crippen molar-refractivity contribution in [1.29, 1.82) is 0 Å². The van der Waals surface area contributed by atoms with Crippen LogP contribution >= 0.6 is 0 Å². The Morgan fingerprint density at radius 1 is 0.356 bits per heavy atom. The summed E-state index contributed by atoms with van der Waals surface area (Å²) in [5, 5.41) is 6.13. The quantitative estimate of drug-likeness (QED) is 0.0534. The van der Waals surface area contributed by atoms with Gasteiger partial charge in [-0.05, 0) is 83.5 Å². The van der Waals surface area contributed by atoms with E-state index in [-0.39, 0.29) is 11.8 Å². The van der Waals surface area contributed by atoms with Crippen LogP contribution in [-0.4, -0.2) is 24.9 Å². The van der Waals surface area contributed by atoms with Crippen LogP contribution < -0.4 is 10.6 Å². The Labute approximate surface area is 281 Å². The lowest BCUT2D eigenvalue weighted by atomic mass is 10.1. The van der Waals surface area contributed by atoms with Gasteiger partial charge in [0.05, 0.1) is 0 Å². The van der Waals surface area contributed by atoms with E-state index in [2.05, 4.69) is 48.8 Å². The van der Waals surface area contributed by atoms with Crippen molar-refractivity contribution in [1.82, 2.24) is 10.6 Å². The zero-order chi connectivity index (χ0) is 32.7. The third-order valence-electron chi connectivity index (χ3n) is 8.83. The topological polar surface area (TPSA) is 58.2 Å². The molecule has 0 bridgehead atoms. The Kier molecular flexibility index (Phi) is 37.2. The van der Waals surface area contributed by atoms with E-state index in [4.69, 9.17) is 0 Å². The monoisotopic (exact) mass is 631 g/mol. The molecule has 4 heteroatoms. The van der Waals surface area contributed by atoms with Crippen LogP contribution in [0.1, 0.15) is 213 Å². The third-order valence-corrected chi connectivity index (χ3v) is 8.83. The number of unbranched alkanes of at least 4 members (excludes halogenated alkanes) is 24. The summed E-state index contributed by atoms with van der Waals surface area (Å²) in [5.41, 5.74) is 0. The summed E-state index contributed by atoms with van der Waals surface area (Å²) < 4.78 is 0. The van der Waals surface area contributed by atoms with Gasteiger partial charge in [0, 0.05) is 25.9 Å². The molecule has 0 unspecified atom stereocenters. The first kappa shape index (κ1) is 43.4. The van der Waals surface area contributed by atoms with Crippen molar-refractivity contribution in [3.05, 3.63) is 24.3 Å². The molecule has 0 atom stereocenters. The molecule has 0 aromatic heterocycles. The standard InChI is InChI=1S/C41H78N2O2/c1-3-5-7-9-11-13-15-17-19-21-23-25-27-29-32-36-40(44)42-38-34-31-35-39-43-41(45)37-33-30-28-26-24-22-20-18-16-14-12-10-8-6-4-2/h17-20H,3-16,21-39H2,1-2H3,(H,42,44)(H,43,45)/b19-17-,20-18-. The maximum Gasteiger partial charge on any atom is 0.219 e. The van der Waals surface area contributed by atoms with Crippen molar-refractivity contribution in [2.45, 2.75) is 213 Å². The van der Waals surface area contributed by atoms with Gasteiger partial charge in [0.15, 0.2) is 0 Å². The van der Waals surface area contributed by atoms with Gasteiger partial charge >= 0.3 is 0 Å². The Morgan fingerprint density at radius 2 is 0.622 bits per heavy atom. The minimum absolute atomic E-state index is 0.195. The van der Waals surface area contributed by atoms with Gasteiger partial charge in [-0.1, -0.05) is 141 Å². The van der Waals surface area contributed by atoms with Crippen LogP contribution in [0.5, 0.6) is 0 Å². The molecule has 0 radical (unpaired) electrons. The maximum atomic E-state index is 12.1. The second kappa shape index (κ2) is 38.6. The number of carbonyl (C=O) groups is 2. The van der Waals surface area contributed by atoms with Crippen LogP contribution in [0.4, 0.5) is 0 Å². The van der Waals surface area contributed by atoms with E-state index in [0.29, 0.717) is 12.8 Å². The normalized spacial score (nSPS) is 11.6. The van der Waals surface area contributed by atoms with E-state index in [9.17, 15) is 9.59 Å². The molecule has 0 heterocycles. The first-order chi connectivity index (χ1) is 22.2. The third kappa shape index (κ3) is 38.5. The Morgan fingerprint density at radius 3 is 0.956 bits per heavy atom. The SMILES string of the molecule is CCCCCCCC/C=C\CCCCCCCC(=O)NCCCCCNC(=O)CCCCCCC/C=C\CCCCCCCC. The van der Waals surface area contributed by atoms with Crippen LogP contribution in [0.25, 0.3) is 0 Å². The smallest absolute Gasteiger partial charge is 0.219 e. The fraction of sp³-hybridized carbons (Fsp3) is 0.854. The Hall–Kier alpha value is -1.58. The molecule has 0 rings (SSSR count). The van der Waals surface area contributed by atoms with Crippen LogP contribution in [0.3, 0.4) is 0 Å². The number of amides is 2. The van der Waals surface area contributed by atoms with E-state index in [1.807, 2.05) is 0 Å². The number of hydrogen-bond donors (Lipinski definition) is 2. The highest BCUT2D eigenvalue weighted by molar-refractivity contribution is 5.76. The van der Waals surface area contributed by atoms with Gasteiger partial charge in [-0.2, -0.15) is 0 Å². The van der Waals surface area contributed by atoms with Crippen molar-refractivity contribution in [2.24, 2.45) is 0 Å². The highest BCUT2D eigenvalue weighted by Crippen LogP contribution is 2.11. The first-order valence-electron chi connectivity index (χ1n) is 20.0. The van der Waals surface area contributed by atoms with E-state index < -0.39 is 0 Å². The van der Waals surface area contributed by atoms with Crippen molar-refractivity contribution in [3.8, 4) is 0 Å². The van der Waals surface area contributed by atoms with Crippen molar-refractivity contribution >= 4 is 11.8 Å². The van der Waals surface area contributed by atoms with Gasteiger partial charge in [0.25, 0.3) is 0 Å². The van der Waals surface area contributed by atoms with Crippen LogP contribution in [0.2, 0.25) is 0 Å². The van der Waals surface area contributed by atoms with Gasteiger partial charge in [-0.25, -0.2) is 0 Å². The van der Waals surface area contributed by atoms with E-state index in [1.54, 1.807) is 0 Å². The average molecular weight is 631 g/mol. The highest BCUT2D eigenvalue weighted by Gasteiger charge is 2.02. The summed E-state index contributed by atoms with van der Waals surface area (Å²) in [6, 6.07) is 0.